The van der Waals surface area contributed by atoms with E-state index in [0.29, 0.717) is 6.04 Å². The molecule has 0 spiro atoms. The molecular weight excluding hydrogens is 229 g/mol. The third-order valence-corrected chi connectivity index (χ3v) is 2.25. The van der Waals surface area contributed by atoms with Gasteiger partial charge in [0.25, 0.3) is 0 Å². The van der Waals surface area contributed by atoms with Gasteiger partial charge >= 0.3 is 0 Å². The Kier molecular flexibility index (Phi) is 2.90. The fourth-order valence-electron chi connectivity index (χ4n) is 1.05. The van der Waals surface area contributed by atoms with Crippen molar-refractivity contribution in [1.82, 2.24) is 15.0 Å². The Bertz CT molecular complexity index is 233. The van der Waals surface area contributed by atoms with E-state index in [2.05, 4.69) is 26.1 Å². The number of hydrogen-bond acceptors (Lipinski definition) is 2. The highest BCUT2D eigenvalue weighted by Gasteiger charge is 2.20. The summed E-state index contributed by atoms with van der Waals surface area (Å²) in [5.74, 6) is 0. The third kappa shape index (κ3) is 1.73. The Morgan fingerprint density at radius 1 is 1.55 bits per heavy atom. The molecule has 0 bridgehead atoms. The molecule has 1 aliphatic carbocycles. The number of rotatable bonds is 1. The van der Waals surface area contributed by atoms with Gasteiger partial charge in [-0.15, -0.1) is 17.5 Å². The highest BCUT2D eigenvalue weighted by atomic mass is 79.9. The molecule has 0 N–H and O–H groups in total. The lowest BCUT2D eigenvalue weighted by atomic mass is 9.94. The molecular formula is C6H9BrClN3. The van der Waals surface area contributed by atoms with Crippen LogP contribution >= 0.6 is 28.3 Å². The monoisotopic (exact) mass is 237 g/mol. The van der Waals surface area contributed by atoms with Crippen LogP contribution < -0.4 is 0 Å². The molecule has 0 unspecified atom stereocenters. The van der Waals surface area contributed by atoms with Crippen molar-refractivity contribution >= 4 is 28.3 Å². The van der Waals surface area contributed by atoms with E-state index in [1.807, 2.05) is 0 Å². The van der Waals surface area contributed by atoms with Crippen LogP contribution in [-0.2, 0) is 0 Å². The summed E-state index contributed by atoms with van der Waals surface area (Å²) in [5, 5.41) is 8.25. The Morgan fingerprint density at radius 3 is 2.64 bits per heavy atom. The van der Waals surface area contributed by atoms with Crippen LogP contribution in [0.3, 0.4) is 0 Å². The summed E-state index contributed by atoms with van der Waals surface area (Å²) < 4.78 is 0.833. The molecule has 0 radical (unpaired) electrons. The minimum Gasteiger partial charge on any atom is -0.181 e. The molecule has 1 aromatic heterocycles. The molecule has 1 fully saturated rings. The second-order valence-electron chi connectivity index (χ2n) is 2.57. The second-order valence-corrected chi connectivity index (χ2v) is 3.38. The summed E-state index contributed by atoms with van der Waals surface area (Å²) in [4.78, 5) is 1.80. The SMILES string of the molecule is Brc1cnn(C2CCC2)n1.Cl. The van der Waals surface area contributed by atoms with Gasteiger partial charge in [0.05, 0.1) is 12.2 Å². The van der Waals surface area contributed by atoms with E-state index in [1.54, 1.807) is 11.0 Å². The summed E-state index contributed by atoms with van der Waals surface area (Å²) in [6.45, 7) is 0. The summed E-state index contributed by atoms with van der Waals surface area (Å²) in [5.41, 5.74) is 0. The first-order chi connectivity index (χ1) is 4.86. The summed E-state index contributed by atoms with van der Waals surface area (Å²) in [7, 11) is 0. The zero-order chi connectivity index (χ0) is 6.97. The van der Waals surface area contributed by atoms with Gasteiger partial charge in [0, 0.05) is 0 Å². The van der Waals surface area contributed by atoms with Gasteiger partial charge in [0.2, 0.25) is 0 Å². The molecule has 1 heterocycles. The molecule has 1 aliphatic rings. The zero-order valence-electron chi connectivity index (χ0n) is 5.90. The maximum atomic E-state index is 4.15. The van der Waals surface area contributed by atoms with Gasteiger partial charge in [-0.3, -0.25) is 0 Å². The van der Waals surface area contributed by atoms with Crippen molar-refractivity contribution in [3.63, 3.8) is 0 Å². The van der Waals surface area contributed by atoms with E-state index in [9.17, 15) is 0 Å². The lowest BCUT2D eigenvalue weighted by Crippen LogP contribution is -2.19. The van der Waals surface area contributed by atoms with Crippen LogP contribution in [0.1, 0.15) is 25.3 Å². The van der Waals surface area contributed by atoms with Crippen molar-refractivity contribution in [2.45, 2.75) is 25.3 Å². The summed E-state index contributed by atoms with van der Waals surface area (Å²) in [6, 6.07) is 0.575. The lowest BCUT2D eigenvalue weighted by Gasteiger charge is -2.23. The van der Waals surface area contributed by atoms with Crippen LogP contribution in [-0.4, -0.2) is 15.0 Å². The van der Waals surface area contributed by atoms with Gasteiger partial charge in [-0.1, -0.05) is 0 Å². The minimum absolute atomic E-state index is 0. The number of halogens is 2. The van der Waals surface area contributed by atoms with E-state index in [0.717, 1.165) is 4.60 Å². The molecule has 0 aromatic carbocycles. The Balaban J connectivity index is 0.000000605. The molecule has 0 atom stereocenters. The standard InChI is InChI=1S/C6H8BrN3.ClH/c7-6-4-8-10(9-6)5-2-1-3-5;/h4-5H,1-3H2;1H. The number of hydrogen-bond donors (Lipinski definition) is 0. The Morgan fingerprint density at radius 2 is 2.27 bits per heavy atom. The highest BCUT2D eigenvalue weighted by molar-refractivity contribution is 9.10. The quantitative estimate of drug-likeness (QED) is 0.751. The van der Waals surface area contributed by atoms with Crippen molar-refractivity contribution in [2.24, 2.45) is 0 Å². The van der Waals surface area contributed by atoms with Crippen LogP contribution in [0.2, 0.25) is 0 Å². The minimum atomic E-state index is 0. The van der Waals surface area contributed by atoms with Crippen molar-refractivity contribution in [3.05, 3.63) is 10.8 Å². The fourth-order valence-corrected chi connectivity index (χ4v) is 1.30. The predicted molar refractivity (Wildman–Crippen MR) is 47.9 cm³/mol. The van der Waals surface area contributed by atoms with Gasteiger partial charge in [0.15, 0.2) is 0 Å². The van der Waals surface area contributed by atoms with Crippen molar-refractivity contribution in [1.29, 1.82) is 0 Å². The molecule has 1 saturated carbocycles. The lowest BCUT2D eigenvalue weighted by molar-refractivity contribution is 0.261. The van der Waals surface area contributed by atoms with Crippen LogP contribution in [0, 0.1) is 0 Å². The summed E-state index contributed by atoms with van der Waals surface area (Å²) in [6.07, 6.45) is 5.53. The van der Waals surface area contributed by atoms with Crippen LogP contribution in [0.5, 0.6) is 0 Å². The zero-order valence-corrected chi connectivity index (χ0v) is 8.31. The molecule has 11 heavy (non-hydrogen) atoms. The van der Waals surface area contributed by atoms with E-state index in [1.165, 1.54) is 19.3 Å². The largest absolute Gasteiger partial charge is 0.181 e. The van der Waals surface area contributed by atoms with E-state index >= 15 is 0 Å². The van der Waals surface area contributed by atoms with Crippen LogP contribution in [0.25, 0.3) is 0 Å². The molecule has 0 saturated heterocycles. The maximum Gasteiger partial charge on any atom is 0.148 e. The van der Waals surface area contributed by atoms with Crippen LogP contribution in [0.15, 0.2) is 10.8 Å². The molecule has 2 rings (SSSR count). The number of aromatic nitrogens is 3. The first-order valence-corrected chi connectivity index (χ1v) is 4.23. The average molecular weight is 239 g/mol. The first-order valence-electron chi connectivity index (χ1n) is 3.43. The third-order valence-electron chi connectivity index (χ3n) is 1.88. The van der Waals surface area contributed by atoms with Crippen LogP contribution in [0.4, 0.5) is 0 Å². The maximum absolute atomic E-state index is 4.15. The smallest absolute Gasteiger partial charge is 0.148 e. The van der Waals surface area contributed by atoms with E-state index in [-0.39, 0.29) is 12.4 Å². The van der Waals surface area contributed by atoms with Gasteiger partial charge in [0.1, 0.15) is 4.60 Å². The predicted octanol–water partition coefficient (Wildman–Crippen LogP) is 2.19. The van der Waals surface area contributed by atoms with E-state index in [4.69, 9.17) is 0 Å². The highest BCUT2D eigenvalue weighted by Crippen LogP contribution is 2.30. The van der Waals surface area contributed by atoms with Gasteiger partial charge in [-0.25, -0.2) is 0 Å². The van der Waals surface area contributed by atoms with E-state index < -0.39 is 0 Å². The summed E-state index contributed by atoms with van der Waals surface area (Å²) >= 11 is 3.26. The molecule has 5 heteroatoms. The normalized spacial score (nSPS) is 17.2. The van der Waals surface area contributed by atoms with Crippen molar-refractivity contribution in [3.8, 4) is 0 Å². The van der Waals surface area contributed by atoms with Crippen molar-refractivity contribution in [2.75, 3.05) is 0 Å². The van der Waals surface area contributed by atoms with Gasteiger partial charge < -0.3 is 0 Å². The average Bonchev–Trinajstić information content (AvgIpc) is 2.10. The topological polar surface area (TPSA) is 30.7 Å². The molecule has 1 aromatic rings. The molecule has 0 aliphatic heterocycles. The Hall–Kier alpha value is -0.0900. The molecule has 62 valence electrons. The van der Waals surface area contributed by atoms with Gasteiger partial charge in [-0.05, 0) is 35.2 Å². The first kappa shape index (κ1) is 9.00. The Labute approximate surface area is 79.7 Å². The fraction of sp³-hybridized carbons (Fsp3) is 0.667. The molecule has 3 nitrogen and oxygen atoms in total. The van der Waals surface area contributed by atoms with Crippen molar-refractivity contribution < 1.29 is 0 Å². The number of nitrogens with zero attached hydrogens (tertiary/aromatic N) is 3. The van der Waals surface area contributed by atoms with Gasteiger partial charge in [-0.2, -0.15) is 9.90 Å². The second kappa shape index (κ2) is 3.54. The molecule has 0 amide bonds.